The van der Waals surface area contributed by atoms with Gasteiger partial charge in [0.2, 0.25) is 11.8 Å². The highest BCUT2D eigenvalue weighted by atomic mass is 32.2. The summed E-state index contributed by atoms with van der Waals surface area (Å²) in [6.45, 7) is 5.10. The minimum atomic E-state index is -3.82. The zero-order valence-corrected chi connectivity index (χ0v) is 13.9. The minimum Gasteiger partial charge on any atom is -0.481 e. The quantitative estimate of drug-likeness (QED) is 0.908. The van der Waals surface area contributed by atoms with E-state index in [4.69, 9.17) is 9.47 Å². The molecule has 0 fully saturated rings. The Morgan fingerprint density at radius 2 is 2.22 bits per heavy atom. The lowest BCUT2D eigenvalue weighted by molar-refractivity contribution is 0.0971. The first-order chi connectivity index (χ1) is 10.8. The van der Waals surface area contributed by atoms with E-state index >= 15 is 0 Å². The zero-order valence-electron chi connectivity index (χ0n) is 13.1. The molecule has 0 radical (unpaired) electrons. The van der Waals surface area contributed by atoms with Gasteiger partial charge in [-0.25, -0.2) is 18.1 Å². The maximum Gasteiger partial charge on any atom is 0.268 e. The van der Waals surface area contributed by atoms with Crippen LogP contribution in [0.2, 0.25) is 0 Å². The fraction of sp³-hybridized carbons (Fsp3) is 0.429. The number of aromatic nitrogens is 3. The summed E-state index contributed by atoms with van der Waals surface area (Å²) in [5.41, 5.74) is 0.263. The predicted octanol–water partition coefficient (Wildman–Crippen LogP) is 1.51. The van der Waals surface area contributed by atoms with Crippen molar-refractivity contribution in [3.63, 3.8) is 0 Å². The van der Waals surface area contributed by atoms with E-state index in [-0.39, 0.29) is 16.2 Å². The van der Waals surface area contributed by atoms with Crippen molar-refractivity contribution in [2.24, 2.45) is 5.41 Å². The third-order valence-corrected chi connectivity index (χ3v) is 4.79. The molecule has 3 heterocycles. The van der Waals surface area contributed by atoms with E-state index in [0.29, 0.717) is 24.7 Å². The molecule has 0 saturated carbocycles. The van der Waals surface area contributed by atoms with Gasteiger partial charge in [0, 0.05) is 17.7 Å². The fourth-order valence-electron chi connectivity index (χ4n) is 2.31. The number of ether oxygens (including phenoxy) is 2. The molecule has 0 unspecified atom stereocenters. The van der Waals surface area contributed by atoms with E-state index < -0.39 is 10.0 Å². The highest BCUT2D eigenvalue weighted by molar-refractivity contribution is 7.92. The summed E-state index contributed by atoms with van der Waals surface area (Å²) >= 11 is 0. The first-order valence-corrected chi connectivity index (χ1v) is 8.50. The van der Waals surface area contributed by atoms with Crippen molar-refractivity contribution < 1.29 is 17.9 Å². The maximum absolute atomic E-state index is 12.6. The van der Waals surface area contributed by atoms with Gasteiger partial charge in [-0.15, -0.1) is 0 Å². The number of fused-ring (bicyclic) bond motifs is 1. The molecule has 0 aromatic carbocycles. The topological polar surface area (TPSA) is 95.3 Å². The number of sulfonamides is 1. The Kier molecular flexibility index (Phi) is 3.67. The van der Waals surface area contributed by atoms with E-state index in [1.54, 1.807) is 10.7 Å². The number of hydrogen-bond donors (Lipinski definition) is 1. The predicted molar refractivity (Wildman–Crippen MR) is 83.1 cm³/mol. The number of rotatable bonds is 4. The molecular weight excluding hydrogens is 320 g/mol. The van der Waals surface area contributed by atoms with E-state index in [1.807, 2.05) is 13.8 Å². The first kappa shape index (κ1) is 15.6. The molecule has 0 atom stereocenters. The van der Waals surface area contributed by atoms with Crippen molar-refractivity contribution in [2.45, 2.75) is 25.3 Å². The summed E-state index contributed by atoms with van der Waals surface area (Å²) < 4.78 is 39.8. The Labute approximate surface area is 134 Å². The number of nitrogens with one attached hydrogen (secondary N) is 1. The molecule has 3 rings (SSSR count). The molecule has 0 saturated heterocycles. The van der Waals surface area contributed by atoms with Crippen molar-refractivity contribution in [3.05, 3.63) is 24.5 Å². The molecule has 1 N–H and O–H groups in total. The second-order valence-electron chi connectivity index (χ2n) is 6.12. The monoisotopic (exact) mass is 338 g/mol. The van der Waals surface area contributed by atoms with Gasteiger partial charge >= 0.3 is 0 Å². The van der Waals surface area contributed by atoms with Gasteiger partial charge in [-0.05, 0) is 6.07 Å². The highest BCUT2D eigenvalue weighted by Crippen LogP contribution is 2.33. The number of anilines is 1. The van der Waals surface area contributed by atoms with Crippen LogP contribution in [0.25, 0.3) is 0 Å². The summed E-state index contributed by atoms with van der Waals surface area (Å²) in [4.78, 5) is 3.96. The minimum absolute atomic E-state index is 0.0174. The van der Waals surface area contributed by atoms with Crippen LogP contribution in [-0.4, -0.2) is 36.9 Å². The summed E-state index contributed by atoms with van der Waals surface area (Å²) in [7, 11) is -2.35. The second-order valence-corrected chi connectivity index (χ2v) is 7.77. The maximum atomic E-state index is 12.6. The lowest BCUT2D eigenvalue weighted by atomic mass is 9.94. The molecule has 2 aromatic heterocycles. The Morgan fingerprint density at radius 1 is 1.43 bits per heavy atom. The van der Waals surface area contributed by atoms with Gasteiger partial charge in [0.05, 0.1) is 32.1 Å². The van der Waals surface area contributed by atoms with Gasteiger partial charge in [0.25, 0.3) is 10.0 Å². The molecule has 8 nitrogen and oxygen atoms in total. The summed E-state index contributed by atoms with van der Waals surface area (Å²) in [5.74, 6) is 0.582. The van der Waals surface area contributed by atoms with E-state index in [1.165, 1.54) is 25.6 Å². The Balaban J connectivity index is 1.90. The summed E-state index contributed by atoms with van der Waals surface area (Å²) in [6, 6.07) is 3.04. The Hall–Kier alpha value is -2.29. The normalized spacial score (nSPS) is 16.3. The third kappa shape index (κ3) is 3.09. The second kappa shape index (κ2) is 5.41. The van der Waals surface area contributed by atoms with Gasteiger partial charge < -0.3 is 9.47 Å². The van der Waals surface area contributed by atoms with Crippen LogP contribution in [0.4, 0.5) is 5.69 Å². The van der Waals surface area contributed by atoms with Crippen LogP contribution in [0.1, 0.15) is 13.8 Å². The number of methoxy groups -OCH3 is 1. The van der Waals surface area contributed by atoms with Gasteiger partial charge in [-0.2, -0.15) is 5.10 Å². The van der Waals surface area contributed by atoms with Crippen LogP contribution in [0, 0.1) is 5.41 Å². The van der Waals surface area contributed by atoms with Crippen LogP contribution < -0.4 is 14.2 Å². The molecule has 0 aliphatic carbocycles. The van der Waals surface area contributed by atoms with Crippen LogP contribution in [0.5, 0.6) is 11.8 Å². The molecular formula is C14H18N4O4S. The molecule has 1 aliphatic heterocycles. The molecule has 9 heteroatoms. The smallest absolute Gasteiger partial charge is 0.268 e. The Bertz CT molecular complexity index is 829. The lowest BCUT2D eigenvalue weighted by Crippen LogP contribution is -2.33. The fourth-order valence-corrected chi connectivity index (χ4v) is 3.44. The molecule has 0 bridgehead atoms. The number of pyridine rings is 1. The Morgan fingerprint density at radius 3 is 2.96 bits per heavy atom. The largest absolute Gasteiger partial charge is 0.481 e. The van der Waals surface area contributed by atoms with Gasteiger partial charge in [0.15, 0.2) is 4.90 Å². The van der Waals surface area contributed by atoms with Crippen molar-refractivity contribution in [1.29, 1.82) is 0 Å². The first-order valence-electron chi connectivity index (χ1n) is 7.02. The summed E-state index contributed by atoms with van der Waals surface area (Å²) in [5, 5.41) is 4.13. The van der Waals surface area contributed by atoms with Gasteiger partial charge in [0.1, 0.15) is 0 Å². The standard InChI is InChI=1S/C14H18N4O4S/c1-14(2)8-18-13(22-9-14)11(7-16-18)23(19,20)17-10-4-5-15-12(6-10)21-3/h4-7H,8-9H2,1-3H3,(H,15,17). The van der Waals surface area contributed by atoms with Gasteiger partial charge in [-0.1, -0.05) is 13.8 Å². The van der Waals surface area contributed by atoms with Crippen LogP contribution in [0.15, 0.2) is 29.4 Å². The van der Waals surface area contributed by atoms with Gasteiger partial charge in [-0.3, -0.25) is 4.72 Å². The number of hydrogen-bond acceptors (Lipinski definition) is 6. The molecule has 2 aromatic rings. The van der Waals surface area contributed by atoms with Crippen LogP contribution >= 0.6 is 0 Å². The molecule has 124 valence electrons. The van der Waals surface area contributed by atoms with Crippen molar-refractivity contribution in [3.8, 4) is 11.8 Å². The molecule has 1 aliphatic rings. The van der Waals surface area contributed by atoms with E-state index in [0.717, 1.165) is 0 Å². The zero-order chi connectivity index (χ0) is 16.7. The number of nitrogens with zero attached hydrogens (tertiary/aromatic N) is 3. The van der Waals surface area contributed by atoms with Crippen molar-refractivity contribution >= 4 is 15.7 Å². The highest BCUT2D eigenvalue weighted by Gasteiger charge is 2.33. The average molecular weight is 338 g/mol. The summed E-state index contributed by atoms with van der Waals surface area (Å²) in [6.07, 6.45) is 2.76. The van der Waals surface area contributed by atoms with Crippen LogP contribution in [0.3, 0.4) is 0 Å². The lowest BCUT2D eigenvalue weighted by Gasteiger charge is -2.30. The van der Waals surface area contributed by atoms with Crippen LogP contribution in [-0.2, 0) is 16.6 Å². The molecule has 0 amide bonds. The average Bonchev–Trinajstić information content (AvgIpc) is 2.89. The SMILES string of the molecule is COc1cc(NS(=O)(=O)c2cnn3c2OCC(C)(C)C3)ccn1. The third-order valence-electron chi connectivity index (χ3n) is 3.42. The van der Waals surface area contributed by atoms with E-state index in [2.05, 4.69) is 14.8 Å². The molecule has 0 spiro atoms. The van der Waals surface area contributed by atoms with E-state index in [9.17, 15) is 8.42 Å². The van der Waals surface area contributed by atoms with Crippen molar-refractivity contribution in [1.82, 2.24) is 14.8 Å². The molecule has 23 heavy (non-hydrogen) atoms. The van der Waals surface area contributed by atoms with Crippen molar-refractivity contribution in [2.75, 3.05) is 18.4 Å².